The van der Waals surface area contributed by atoms with Gasteiger partial charge in [0.25, 0.3) is 0 Å². The molecule has 1 aromatic rings. The standard InChI is InChI=1S/C17H28N2O2/c1-14-8-7-9-16(12-14)21-13-15(2)19-17(20)10-5-3-4-6-11-18/h7-9,12,15H,3-6,10-11,13,18H2,1-2H3,(H,19,20). The minimum atomic E-state index is 0.0158. The molecule has 0 aliphatic rings. The maximum atomic E-state index is 11.8. The van der Waals surface area contributed by atoms with Crippen LogP contribution in [-0.4, -0.2) is 25.1 Å². The first-order chi connectivity index (χ1) is 10.1. The number of carbonyl (C=O) groups is 1. The van der Waals surface area contributed by atoms with Crippen LogP contribution in [0.2, 0.25) is 0 Å². The number of nitrogens with two attached hydrogens (primary N) is 1. The van der Waals surface area contributed by atoms with Crippen LogP contribution in [0.5, 0.6) is 5.75 Å². The molecule has 1 atom stereocenters. The lowest BCUT2D eigenvalue weighted by Gasteiger charge is -2.15. The second kappa shape index (κ2) is 10.2. The fourth-order valence-corrected chi connectivity index (χ4v) is 2.10. The van der Waals surface area contributed by atoms with Gasteiger partial charge in [-0.3, -0.25) is 4.79 Å². The van der Waals surface area contributed by atoms with Gasteiger partial charge >= 0.3 is 0 Å². The highest BCUT2D eigenvalue weighted by Crippen LogP contribution is 2.12. The number of unbranched alkanes of at least 4 members (excludes halogenated alkanes) is 3. The van der Waals surface area contributed by atoms with Crippen LogP contribution in [0.15, 0.2) is 24.3 Å². The molecule has 4 nitrogen and oxygen atoms in total. The van der Waals surface area contributed by atoms with E-state index in [2.05, 4.69) is 5.32 Å². The van der Waals surface area contributed by atoms with Gasteiger partial charge in [0, 0.05) is 6.42 Å². The minimum Gasteiger partial charge on any atom is -0.491 e. The molecule has 0 aromatic heterocycles. The van der Waals surface area contributed by atoms with Crippen molar-refractivity contribution in [2.75, 3.05) is 13.2 Å². The molecule has 1 aromatic carbocycles. The van der Waals surface area contributed by atoms with Gasteiger partial charge in [0.2, 0.25) is 5.91 Å². The van der Waals surface area contributed by atoms with E-state index in [1.54, 1.807) is 0 Å². The maximum absolute atomic E-state index is 11.8. The third-order valence-electron chi connectivity index (χ3n) is 3.25. The van der Waals surface area contributed by atoms with Gasteiger partial charge in [0.05, 0.1) is 6.04 Å². The van der Waals surface area contributed by atoms with E-state index in [0.29, 0.717) is 13.0 Å². The van der Waals surface area contributed by atoms with Crippen LogP contribution in [0.3, 0.4) is 0 Å². The summed E-state index contributed by atoms with van der Waals surface area (Å²) >= 11 is 0. The quantitative estimate of drug-likeness (QED) is 0.652. The second-order valence-corrected chi connectivity index (χ2v) is 5.55. The Morgan fingerprint density at radius 1 is 1.29 bits per heavy atom. The zero-order valence-electron chi connectivity index (χ0n) is 13.2. The first-order valence-corrected chi connectivity index (χ1v) is 7.80. The molecule has 3 N–H and O–H groups in total. The number of ether oxygens (including phenoxy) is 1. The lowest BCUT2D eigenvalue weighted by atomic mass is 10.1. The van der Waals surface area contributed by atoms with Gasteiger partial charge < -0.3 is 15.8 Å². The predicted octanol–water partition coefficient (Wildman–Crippen LogP) is 2.79. The van der Waals surface area contributed by atoms with E-state index in [1.165, 1.54) is 5.56 Å². The van der Waals surface area contributed by atoms with Crippen LogP contribution in [0.1, 0.15) is 44.6 Å². The molecule has 4 heteroatoms. The largest absolute Gasteiger partial charge is 0.491 e. The monoisotopic (exact) mass is 292 g/mol. The Bertz CT molecular complexity index is 421. The third kappa shape index (κ3) is 8.35. The van der Waals surface area contributed by atoms with Crippen molar-refractivity contribution in [3.05, 3.63) is 29.8 Å². The van der Waals surface area contributed by atoms with Crippen LogP contribution in [0.4, 0.5) is 0 Å². The van der Waals surface area contributed by atoms with Crippen molar-refractivity contribution in [2.24, 2.45) is 5.73 Å². The Balaban J connectivity index is 2.15. The molecule has 0 radical (unpaired) electrons. The summed E-state index contributed by atoms with van der Waals surface area (Å²) in [5.41, 5.74) is 6.60. The number of amides is 1. The zero-order chi connectivity index (χ0) is 15.5. The minimum absolute atomic E-state index is 0.0158. The first kappa shape index (κ1) is 17.5. The number of aryl methyl sites for hydroxylation is 1. The van der Waals surface area contributed by atoms with Crippen LogP contribution in [0, 0.1) is 6.92 Å². The van der Waals surface area contributed by atoms with Gasteiger partial charge in [-0.15, -0.1) is 0 Å². The number of nitrogens with one attached hydrogen (secondary N) is 1. The SMILES string of the molecule is Cc1cccc(OCC(C)NC(=O)CCCCCCN)c1. The van der Waals surface area contributed by atoms with Gasteiger partial charge in [-0.05, 0) is 50.9 Å². The normalized spacial score (nSPS) is 12.0. The molecular weight excluding hydrogens is 264 g/mol. The fraction of sp³-hybridized carbons (Fsp3) is 0.588. The lowest BCUT2D eigenvalue weighted by molar-refractivity contribution is -0.122. The number of benzene rings is 1. The molecule has 0 bridgehead atoms. The van der Waals surface area contributed by atoms with E-state index in [0.717, 1.165) is 38.0 Å². The molecular formula is C17H28N2O2. The van der Waals surface area contributed by atoms with E-state index in [4.69, 9.17) is 10.5 Å². The van der Waals surface area contributed by atoms with E-state index >= 15 is 0 Å². The zero-order valence-corrected chi connectivity index (χ0v) is 13.2. The highest BCUT2D eigenvalue weighted by Gasteiger charge is 2.08. The van der Waals surface area contributed by atoms with E-state index < -0.39 is 0 Å². The molecule has 118 valence electrons. The summed E-state index contributed by atoms with van der Waals surface area (Å²) in [5, 5.41) is 2.97. The second-order valence-electron chi connectivity index (χ2n) is 5.55. The van der Waals surface area contributed by atoms with Crippen molar-refractivity contribution < 1.29 is 9.53 Å². The van der Waals surface area contributed by atoms with Crippen LogP contribution >= 0.6 is 0 Å². The number of carbonyl (C=O) groups excluding carboxylic acids is 1. The molecule has 0 saturated heterocycles. The first-order valence-electron chi connectivity index (χ1n) is 7.80. The molecule has 21 heavy (non-hydrogen) atoms. The number of hydrogen-bond acceptors (Lipinski definition) is 3. The maximum Gasteiger partial charge on any atom is 0.220 e. The number of hydrogen-bond donors (Lipinski definition) is 2. The summed E-state index contributed by atoms with van der Waals surface area (Å²) in [7, 11) is 0. The molecule has 0 aliphatic heterocycles. The Morgan fingerprint density at radius 2 is 2.05 bits per heavy atom. The van der Waals surface area contributed by atoms with E-state index in [1.807, 2.05) is 38.1 Å². The summed E-state index contributed by atoms with van der Waals surface area (Å²) in [6.45, 7) is 5.22. The van der Waals surface area contributed by atoms with Crippen LogP contribution in [0.25, 0.3) is 0 Å². The van der Waals surface area contributed by atoms with Gasteiger partial charge in [-0.1, -0.05) is 25.0 Å². The van der Waals surface area contributed by atoms with Crippen molar-refractivity contribution in [1.82, 2.24) is 5.32 Å². The Labute approximate surface area is 128 Å². The summed E-state index contributed by atoms with van der Waals surface area (Å²) in [6, 6.07) is 7.94. The van der Waals surface area contributed by atoms with E-state index in [9.17, 15) is 4.79 Å². The Morgan fingerprint density at radius 3 is 2.76 bits per heavy atom. The van der Waals surface area contributed by atoms with Crippen LogP contribution < -0.4 is 15.8 Å². The highest BCUT2D eigenvalue weighted by molar-refractivity contribution is 5.76. The average molecular weight is 292 g/mol. The predicted molar refractivity (Wildman–Crippen MR) is 86.4 cm³/mol. The molecule has 1 unspecified atom stereocenters. The van der Waals surface area contributed by atoms with Gasteiger partial charge in [0.15, 0.2) is 0 Å². The topological polar surface area (TPSA) is 64.3 Å². The smallest absolute Gasteiger partial charge is 0.220 e. The third-order valence-corrected chi connectivity index (χ3v) is 3.25. The van der Waals surface area contributed by atoms with Gasteiger partial charge in [-0.25, -0.2) is 0 Å². The summed E-state index contributed by atoms with van der Waals surface area (Å²) < 4.78 is 5.68. The lowest BCUT2D eigenvalue weighted by Crippen LogP contribution is -2.36. The average Bonchev–Trinajstić information content (AvgIpc) is 2.45. The Hall–Kier alpha value is -1.55. The van der Waals surface area contributed by atoms with Gasteiger partial charge in [0.1, 0.15) is 12.4 Å². The molecule has 0 fully saturated rings. The van der Waals surface area contributed by atoms with Crippen molar-refractivity contribution in [2.45, 2.75) is 52.0 Å². The molecule has 0 heterocycles. The van der Waals surface area contributed by atoms with E-state index in [-0.39, 0.29) is 11.9 Å². The Kier molecular flexibility index (Phi) is 8.51. The summed E-state index contributed by atoms with van der Waals surface area (Å²) in [6.07, 6.45) is 4.73. The van der Waals surface area contributed by atoms with Gasteiger partial charge in [-0.2, -0.15) is 0 Å². The number of rotatable bonds is 10. The van der Waals surface area contributed by atoms with Crippen molar-refractivity contribution in [3.63, 3.8) is 0 Å². The molecule has 1 rings (SSSR count). The molecule has 1 amide bonds. The molecule has 0 aliphatic carbocycles. The fourth-order valence-electron chi connectivity index (χ4n) is 2.10. The highest BCUT2D eigenvalue weighted by atomic mass is 16.5. The summed E-state index contributed by atoms with van der Waals surface area (Å²) in [4.78, 5) is 11.8. The summed E-state index contributed by atoms with van der Waals surface area (Å²) in [5.74, 6) is 0.945. The molecule has 0 saturated carbocycles. The van der Waals surface area contributed by atoms with Crippen molar-refractivity contribution in [3.8, 4) is 5.75 Å². The van der Waals surface area contributed by atoms with Crippen molar-refractivity contribution >= 4 is 5.91 Å². The van der Waals surface area contributed by atoms with Crippen molar-refractivity contribution in [1.29, 1.82) is 0 Å². The van der Waals surface area contributed by atoms with Crippen LogP contribution in [-0.2, 0) is 4.79 Å². The molecule has 0 spiro atoms.